The second-order valence-electron chi connectivity index (χ2n) is 14.2. The normalized spacial score (nSPS) is 19.4. The van der Waals surface area contributed by atoms with Crippen LogP contribution in [0, 0.1) is 0 Å². The molecule has 0 bridgehead atoms. The van der Waals surface area contributed by atoms with Gasteiger partial charge in [-0.15, -0.1) is 0 Å². The average Bonchev–Trinajstić information content (AvgIpc) is 3.59. The van der Waals surface area contributed by atoms with Gasteiger partial charge in [0.1, 0.15) is 6.54 Å². The van der Waals surface area contributed by atoms with E-state index < -0.39 is 0 Å². The van der Waals surface area contributed by atoms with Gasteiger partial charge in [0, 0.05) is 46.1 Å². The summed E-state index contributed by atoms with van der Waals surface area (Å²) in [5.74, 6) is 0. The summed E-state index contributed by atoms with van der Waals surface area (Å²) in [7, 11) is 0. The Morgan fingerprint density at radius 2 is 1.33 bits per heavy atom. The molecule has 2 nitrogen and oxygen atoms in total. The highest BCUT2D eigenvalue weighted by molar-refractivity contribution is 6.42. The molecule has 5 aromatic carbocycles. The molecule has 0 saturated heterocycles. The first-order valence-electron chi connectivity index (χ1n) is 17.3. The van der Waals surface area contributed by atoms with Crippen LogP contribution >= 0.6 is 11.6 Å². The topological polar surface area (TPSA) is 6.25 Å². The van der Waals surface area contributed by atoms with E-state index in [-0.39, 0.29) is 10.8 Å². The number of allylic oxidation sites excluding steroid dienone is 8. The molecule has 0 fully saturated rings. The van der Waals surface area contributed by atoms with E-state index in [9.17, 15) is 0 Å². The molecule has 8 rings (SSSR count). The van der Waals surface area contributed by atoms with Gasteiger partial charge in [0.2, 0.25) is 5.69 Å². The number of hydrogen-bond acceptors (Lipinski definition) is 1. The largest absolute Gasteiger partial charge is 0.344 e. The third-order valence-electron chi connectivity index (χ3n) is 11.0. The molecule has 0 unspecified atom stereocenters. The monoisotopic (exact) mass is 645 g/mol. The first-order valence-corrected chi connectivity index (χ1v) is 17.6. The van der Waals surface area contributed by atoms with E-state index in [1.54, 1.807) is 0 Å². The van der Waals surface area contributed by atoms with Crippen molar-refractivity contribution in [3.8, 4) is 0 Å². The Kier molecular flexibility index (Phi) is 7.16. The number of nitrogens with zero attached hydrogens (tertiary/aromatic N) is 2. The number of anilines is 1. The van der Waals surface area contributed by atoms with Crippen LogP contribution < -0.4 is 4.90 Å². The molecule has 0 radical (unpaired) electrons. The zero-order valence-corrected chi connectivity index (χ0v) is 29.5. The number of rotatable bonds is 5. The minimum Gasteiger partial charge on any atom is -0.344 e. The van der Waals surface area contributed by atoms with Crippen molar-refractivity contribution in [2.24, 2.45) is 0 Å². The molecule has 3 heteroatoms. The summed E-state index contributed by atoms with van der Waals surface area (Å²) in [5, 5.41) is 6.00. The van der Waals surface area contributed by atoms with Crippen LogP contribution in [-0.2, 0) is 10.8 Å². The molecule has 2 heterocycles. The summed E-state index contributed by atoms with van der Waals surface area (Å²) >= 11 is 7.39. The maximum Gasteiger partial charge on any atom is 0.217 e. The van der Waals surface area contributed by atoms with Crippen molar-refractivity contribution in [1.29, 1.82) is 0 Å². The van der Waals surface area contributed by atoms with Crippen molar-refractivity contribution in [1.82, 2.24) is 0 Å². The Hall–Kier alpha value is -4.66. The molecule has 2 aliphatic heterocycles. The molecule has 0 amide bonds. The van der Waals surface area contributed by atoms with Crippen molar-refractivity contribution >= 4 is 61.4 Å². The van der Waals surface area contributed by atoms with E-state index in [0.29, 0.717) is 0 Å². The molecule has 0 spiro atoms. The number of likely N-dealkylation sites (N-methyl/N-ethyl adjacent to an activating group) is 1. The lowest BCUT2D eigenvalue weighted by molar-refractivity contribution is -0.431. The van der Waals surface area contributed by atoms with Gasteiger partial charge in [0.25, 0.3) is 0 Å². The Bertz CT molecular complexity index is 2320. The van der Waals surface area contributed by atoms with Crippen molar-refractivity contribution in [2.75, 3.05) is 18.0 Å². The Morgan fingerprint density at radius 1 is 0.688 bits per heavy atom. The van der Waals surface area contributed by atoms with E-state index >= 15 is 0 Å². The summed E-state index contributed by atoms with van der Waals surface area (Å²) in [6.45, 7) is 15.7. The highest BCUT2D eigenvalue weighted by Crippen LogP contribution is 2.51. The predicted octanol–water partition coefficient (Wildman–Crippen LogP) is 11.7. The number of hydrogen-bond donors (Lipinski definition) is 0. The van der Waals surface area contributed by atoms with Crippen molar-refractivity contribution < 1.29 is 4.58 Å². The molecule has 0 aromatic heterocycles. The molecule has 1 aliphatic carbocycles. The highest BCUT2D eigenvalue weighted by atomic mass is 35.5. The maximum atomic E-state index is 7.39. The molecule has 0 N–H and O–H groups in total. The highest BCUT2D eigenvalue weighted by Gasteiger charge is 2.45. The van der Waals surface area contributed by atoms with Crippen molar-refractivity contribution in [2.45, 2.75) is 52.4 Å². The van der Waals surface area contributed by atoms with Gasteiger partial charge in [-0.2, -0.15) is 4.58 Å². The minimum absolute atomic E-state index is 0.142. The van der Waals surface area contributed by atoms with Crippen LogP contribution in [0.2, 0.25) is 0 Å². The standard InChI is InChI=1S/C45H42ClN2/c1-7-47-38-26-22-29-15-9-11-17-31(29)41(38)45(5,6)40(47)28-24-36-34-20-14-13-19-33(34)35(42(36)46)23-27-39-44(3,4)37-25-21-30-16-10-12-18-32(30)43(37)48(39)8-2/h9-28H,7-8H2,1-6H3/q+1. The van der Waals surface area contributed by atoms with E-state index in [0.717, 1.165) is 29.3 Å². The zero-order chi connectivity index (χ0) is 33.4. The lowest BCUT2D eigenvalue weighted by atomic mass is 9.80. The first kappa shape index (κ1) is 30.7. The average molecular weight is 646 g/mol. The van der Waals surface area contributed by atoms with E-state index in [2.05, 4.69) is 172 Å². The second kappa shape index (κ2) is 11.2. The smallest absolute Gasteiger partial charge is 0.217 e. The van der Waals surface area contributed by atoms with Gasteiger partial charge in [-0.3, -0.25) is 0 Å². The molecule has 3 aliphatic rings. The summed E-state index contributed by atoms with van der Waals surface area (Å²) in [5.41, 5.74) is 12.2. The van der Waals surface area contributed by atoms with Crippen LogP contribution in [0.4, 0.5) is 11.4 Å². The van der Waals surface area contributed by atoms with Gasteiger partial charge >= 0.3 is 0 Å². The van der Waals surface area contributed by atoms with Gasteiger partial charge < -0.3 is 4.90 Å². The van der Waals surface area contributed by atoms with Gasteiger partial charge in [-0.05, 0) is 84.8 Å². The van der Waals surface area contributed by atoms with Crippen LogP contribution in [0.3, 0.4) is 0 Å². The summed E-state index contributed by atoms with van der Waals surface area (Å²) in [6, 6.07) is 35.3. The minimum atomic E-state index is -0.159. The van der Waals surface area contributed by atoms with Crippen molar-refractivity contribution in [3.05, 3.63) is 154 Å². The predicted molar refractivity (Wildman–Crippen MR) is 207 cm³/mol. The Balaban J connectivity index is 1.24. The quantitative estimate of drug-likeness (QED) is 0.172. The second-order valence-corrected chi connectivity index (χ2v) is 14.6. The van der Waals surface area contributed by atoms with Gasteiger partial charge in [-0.25, -0.2) is 0 Å². The van der Waals surface area contributed by atoms with Crippen LogP contribution in [0.1, 0.15) is 63.8 Å². The van der Waals surface area contributed by atoms with Crippen molar-refractivity contribution in [3.63, 3.8) is 0 Å². The fourth-order valence-electron chi connectivity index (χ4n) is 8.63. The maximum absolute atomic E-state index is 7.39. The number of halogens is 1. The van der Waals surface area contributed by atoms with Gasteiger partial charge in [-0.1, -0.05) is 116 Å². The molecule has 238 valence electrons. The molecule has 48 heavy (non-hydrogen) atoms. The zero-order valence-electron chi connectivity index (χ0n) is 28.7. The van der Waals surface area contributed by atoms with Crippen LogP contribution in [-0.4, -0.2) is 23.4 Å². The summed E-state index contributed by atoms with van der Waals surface area (Å²) in [6.07, 6.45) is 9.13. The number of fused-ring (bicyclic) bond motifs is 7. The lowest BCUT2D eigenvalue weighted by Gasteiger charge is -2.26. The SMILES string of the molecule is CCN1/C(=C/C=C2C(Cl)=C(/C=C/C3=[N+](CC)c4c(ccc5ccccc45)C3(C)C)c3ccccc3/2)C(C)(C)c2c1ccc1ccccc21. The molecule has 0 atom stereocenters. The van der Waals surface area contributed by atoms with E-state index in [1.807, 2.05) is 0 Å². The fraction of sp³-hybridized carbons (Fsp3) is 0.222. The van der Waals surface area contributed by atoms with E-state index in [1.165, 1.54) is 66.6 Å². The first-order chi connectivity index (χ1) is 23.2. The lowest BCUT2D eigenvalue weighted by Crippen LogP contribution is -2.27. The van der Waals surface area contributed by atoms with E-state index in [4.69, 9.17) is 11.6 Å². The van der Waals surface area contributed by atoms with Gasteiger partial charge in [0.15, 0.2) is 5.71 Å². The molecular formula is C45H42ClN2+. The summed E-state index contributed by atoms with van der Waals surface area (Å²) < 4.78 is 2.49. The third kappa shape index (κ3) is 4.35. The van der Waals surface area contributed by atoms with Crippen LogP contribution in [0.25, 0.3) is 32.7 Å². The summed E-state index contributed by atoms with van der Waals surface area (Å²) in [4.78, 5) is 2.47. The Labute approximate surface area is 289 Å². The molecule has 5 aromatic rings. The third-order valence-corrected chi connectivity index (χ3v) is 11.4. The van der Waals surface area contributed by atoms with Crippen LogP contribution in [0.15, 0.2) is 132 Å². The van der Waals surface area contributed by atoms with Gasteiger partial charge in [0.05, 0.1) is 15.8 Å². The number of benzene rings is 5. The molecule has 0 saturated carbocycles. The fourth-order valence-corrected chi connectivity index (χ4v) is 8.96. The van der Waals surface area contributed by atoms with Crippen LogP contribution in [0.5, 0.6) is 0 Å². The molecular weight excluding hydrogens is 604 g/mol. The Morgan fingerprint density at radius 3 is 2.06 bits per heavy atom.